The van der Waals surface area contributed by atoms with Crippen LogP contribution in [-0.2, 0) is 4.79 Å². The van der Waals surface area contributed by atoms with E-state index in [-0.39, 0.29) is 17.9 Å². The Morgan fingerprint density at radius 1 is 1.03 bits per heavy atom. The van der Waals surface area contributed by atoms with E-state index in [1.807, 2.05) is 35.2 Å². The average molecular weight is 421 g/mol. The van der Waals surface area contributed by atoms with Crippen LogP contribution in [0, 0.1) is 17.2 Å². The molecule has 4 heterocycles. The summed E-state index contributed by atoms with van der Waals surface area (Å²) in [7, 11) is 0. The van der Waals surface area contributed by atoms with Crippen molar-refractivity contribution in [2.24, 2.45) is 11.8 Å². The van der Waals surface area contributed by atoms with Crippen molar-refractivity contribution in [1.82, 2.24) is 19.8 Å². The van der Waals surface area contributed by atoms with Crippen LogP contribution in [0.2, 0.25) is 0 Å². The smallest absolute Gasteiger partial charge is 0.225 e. The van der Waals surface area contributed by atoms with Crippen LogP contribution in [0.3, 0.4) is 0 Å². The minimum absolute atomic E-state index is 0.109. The molecule has 2 aliphatic heterocycles. The number of hydrogen-bond acceptors (Lipinski definition) is 6. The molecule has 7 nitrogen and oxygen atoms in total. The number of pyridine rings is 2. The van der Waals surface area contributed by atoms with E-state index < -0.39 is 0 Å². The fraction of sp³-hybridized carbons (Fsp3) is 0.500. The molecule has 0 saturated carbocycles. The summed E-state index contributed by atoms with van der Waals surface area (Å²) in [6.45, 7) is 5.51. The third-order valence-corrected chi connectivity index (χ3v) is 6.87. The number of hydrogen-bond donors (Lipinski definition) is 2. The number of piperidine rings is 2. The number of amides is 1. The number of nitrogens with zero attached hydrogens (tertiary/aromatic N) is 4. The van der Waals surface area contributed by atoms with Gasteiger partial charge in [-0.2, -0.15) is 0 Å². The first kappa shape index (κ1) is 21.4. The lowest BCUT2D eigenvalue weighted by atomic mass is 9.88. The van der Waals surface area contributed by atoms with Crippen LogP contribution in [0.15, 0.2) is 42.7 Å². The first-order valence-corrected chi connectivity index (χ1v) is 11.3. The molecule has 2 aliphatic rings. The highest BCUT2D eigenvalue weighted by molar-refractivity contribution is 5.98. The van der Waals surface area contributed by atoms with Crippen LogP contribution in [0.5, 0.6) is 0 Å². The maximum Gasteiger partial charge on any atom is 0.225 e. The Balaban J connectivity index is 1.26. The van der Waals surface area contributed by atoms with Gasteiger partial charge in [0.05, 0.1) is 11.4 Å². The molecule has 2 saturated heterocycles. The molecule has 1 unspecified atom stereocenters. The summed E-state index contributed by atoms with van der Waals surface area (Å²) in [5.74, 6) is 1.14. The van der Waals surface area contributed by atoms with Gasteiger partial charge in [0.2, 0.25) is 5.91 Å². The summed E-state index contributed by atoms with van der Waals surface area (Å²) in [5, 5.41) is 8.46. The Bertz CT molecular complexity index is 901. The first-order chi connectivity index (χ1) is 15.0. The molecule has 0 aliphatic carbocycles. The summed E-state index contributed by atoms with van der Waals surface area (Å²) in [5.41, 5.74) is 8.37. The number of rotatable bonds is 5. The Kier molecular flexibility index (Phi) is 6.61. The van der Waals surface area contributed by atoms with Gasteiger partial charge in [0, 0.05) is 43.4 Å². The lowest BCUT2D eigenvalue weighted by Crippen LogP contribution is -2.46. The fourth-order valence-electron chi connectivity index (χ4n) is 4.85. The minimum Gasteiger partial charge on any atom is -0.384 e. The van der Waals surface area contributed by atoms with E-state index in [9.17, 15) is 4.79 Å². The minimum atomic E-state index is 0.109. The molecule has 164 valence electrons. The second-order valence-corrected chi connectivity index (χ2v) is 8.73. The second-order valence-electron chi connectivity index (χ2n) is 8.73. The summed E-state index contributed by atoms with van der Waals surface area (Å²) in [6.07, 6.45) is 6.98. The van der Waals surface area contributed by atoms with Crippen molar-refractivity contribution in [2.45, 2.75) is 38.6 Å². The largest absolute Gasteiger partial charge is 0.384 e. The van der Waals surface area contributed by atoms with Gasteiger partial charge in [-0.25, -0.2) is 4.98 Å². The van der Waals surface area contributed by atoms with Gasteiger partial charge in [0.1, 0.15) is 5.82 Å². The highest BCUT2D eigenvalue weighted by Gasteiger charge is 2.33. The van der Waals surface area contributed by atoms with Crippen LogP contribution < -0.4 is 5.73 Å². The Morgan fingerprint density at radius 2 is 1.74 bits per heavy atom. The topological polar surface area (TPSA) is 99.2 Å². The van der Waals surface area contributed by atoms with Gasteiger partial charge >= 0.3 is 0 Å². The number of nitrogen functional groups attached to an aromatic ring is 1. The third-order valence-electron chi connectivity index (χ3n) is 6.87. The molecule has 31 heavy (non-hydrogen) atoms. The molecule has 1 atom stereocenters. The van der Waals surface area contributed by atoms with Crippen molar-refractivity contribution < 1.29 is 4.79 Å². The summed E-state index contributed by atoms with van der Waals surface area (Å²) in [4.78, 5) is 25.9. The standard InChI is InChI=1S/C24H32N6O/c1-17(20-5-11-28-22(25)16-20)29-12-8-19(9-13-29)24(31)30-14-6-18(7-15-30)23(26)21-4-2-3-10-27-21/h2-5,10-11,16-19,26H,6-9,12-15H2,1H3,(H2,25,28). The average Bonchev–Trinajstić information content (AvgIpc) is 2.83. The van der Waals surface area contributed by atoms with Gasteiger partial charge in [0.15, 0.2) is 0 Å². The Hall–Kier alpha value is -2.80. The van der Waals surface area contributed by atoms with E-state index in [2.05, 4.69) is 21.8 Å². The van der Waals surface area contributed by atoms with E-state index in [1.54, 1.807) is 12.4 Å². The summed E-state index contributed by atoms with van der Waals surface area (Å²) in [6, 6.07) is 9.92. The normalized spacial score (nSPS) is 19.8. The molecular weight excluding hydrogens is 388 g/mol. The number of likely N-dealkylation sites (tertiary alicyclic amines) is 2. The van der Waals surface area contributed by atoms with Gasteiger partial charge in [-0.3, -0.25) is 14.7 Å². The van der Waals surface area contributed by atoms with Crippen molar-refractivity contribution in [3.63, 3.8) is 0 Å². The van der Waals surface area contributed by atoms with Crippen molar-refractivity contribution in [3.8, 4) is 0 Å². The third kappa shape index (κ3) is 4.93. The van der Waals surface area contributed by atoms with Crippen molar-refractivity contribution in [2.75, 3.05) is 31.9 Å². The molecule has 2 fully saturated rings. The second kappa shape index (κ2) is 9.56. The van der Waals surface area contributed by atoms with Crippen LogP contribution in [0.25, 0.3) is 0 Å². The fourth-order valence-corrected chi connectivity index (χ4v) is 4.85. The zero-order valence-electron chi connectivity index (χ0n) is 18.2. The molecule has 3 N–H and O–H groups in total. The zero-order chi connectivity index (χ0) is 21.8. The predicted octanol–water partition coefficient (Wildman–Crippen LogP) is 3.14. The first-order valence-electron chi connectivity index (χ1n) is 11.3. The SMILES string of the molecule is CC(c1ccnc(N)c1)N1CCC(C(=O)N2CCC(C(=N)c3ccccn3)CC2)CC1. The molecule has 0 spiro atoms. The number of carbonyl (C=O) groups excluding carboxylic acids is 1. The molecule has 7 heteroatoms. The number of aromatic nitrogens is 2. The van der Waals surface area contributed by atoms with E-state index in [0.29, 0.717) is 17.4 Å². The quantitative estimate of drug-likeness (QED) is 0.724. The number of anilines is 1. The predicted molar refractivity (Wildman–Crippen MR) is 122 cm³/mol. The monoisotopic (exact) mass is 420 g/mol. The van der Waals surface area contributed by atoms with Crippen molar-refractivity contribution >= 4 is 17.4 Å². The summed E-state index contributed by atoms with van der Waals surface area (Å²) >= 11 is 0. The van der Waals surface area contributed by atoms with Gasteiger partial charge in [-0.15, -0.1) is 0 Å². The van der Waals surface area contributed by atoms with Gasteiger partial charge in [-0.05, 0) is 75.5 Å². The molecule has 4 rings (SSSR count). The number of nitrogens with one attached hydrogen (secondary N) is 1. The molecule has 0 bridgehead atoms. The highest BCUT2D eigenvalue weighted by Crippen LogP contribution is 2.29. The maximum atomic E-state index is 13.1. The molecule has 2 aromatic rings. The van der Waals surface area contributed by atoms with E-state index >= 15 is 0 Å². The van der Waals surface area contributed by atoms with Crippen LogP contribution in [0.1, 0.15) is 49.9 Å². The van der Waals surface area contributed by atoms with Crippen LogP contribution in [0.4, 0.5) is 5.82 Å². The lowest BCUT2D eigenvalue weighted by Gasteiger charge is -2.39. The summed E-state index contributed by atoms with van der Waals surface area (Å²) < 4.78 is 0. The molecule has 0 aromatic carbocycles. The van der Waals surface area contributed by atoms with Gasteiger partial charge in [-0.1, -0.05) is 6.07 Å². The van der Waals surface area contributed by atoms with Crippen molar-refractivity contribution in [1.29, 1.82) is 5.41 Å². The van der Waals surface area contributed by atoms with Gasteiger partial charge in [0.25, 0.3) is 0 Å². The molecular formula is C24H32N6O. The highest BCUT2D eigenvalue weighted by atomic mass is 16.2. The van der Waals surface area contributed by atoms with E-state index in [4.69, 9.17) is 11.1 Å². The van der Waals surface area contributed by atoms with Gasteiger partial charge < -0.3 is 16.0 Å². The Morgan fingerprint density at radius 3 is 2.39 bits per heavy atom. The molecule has 0 radical (unpaired) electrons. The van der Waals surface area contributed by atoms with Crippen LogP contribution in [-0.4, -0.2) is 57.6 Å². The number of nitrogens with two attached hydrogens (primary N) is 1. The lowest BCUT2D eigenvalue weighted by molar-refractivity contribution is -0.138. The van der Waals surface area contributed by atoms with Crippen LogP contribution >= 0.6 is 0 Å². The molecule has 1 amide bonds. The molecule has 2 aromatic heterocycles. The Labute approximate surface area is 184 Å². The maximum absolute atomic E-state index is 13.1. The number of carbonyl (C=O) groups is 1. The zero-order valence-corrected chi connectivity index (χ0v) is 18.2. The van der Waals surface area contributed by atoms with E-state index in [0.717, 1.165) is 57.6 Å². The van der Waals surface area contributed by atoms with E-state index in [1.165, 1.54) is 5.56 Å². The van der Waals surface area contributed by atoms with Crippen molar-refractivity contribution in [3.05, 3.63) is 54.0 Å².